The Kier molecular flexibility index (Phi) is 3.62. The SMILES string of the molecule is CSCC(=O)c1ccsc1Br. The van der Waals surface area contributed by atoms with Crippen LogP contribution in [0.2, 0.25) is 0 Å². The van der Waals surface area contributed by atoms with E-state index in [4.69, 9.17) is 0 Å². The maximum Gasteiger partial charge on any atom is 0.174 e. The molecule has 0 fully saturated rings. The molecule has 1 aromatic heterocycles. The number of hydrogen-bond donors (Lipinski definition) is 0. The van der Waals surface area contributed by atoms with E-state index in [0.29, 0.717) is 5.75 Å². The van der Waals surface area contributed by atoms with E-state index >= 15 is 0 Å². The van der Waals surface area contributed by atoms with Gasteiger partial charge in [0.2, 0.25) is 0 Å². The summed E-state index contributed by atoms with van der Waals surface area (Å²) in [4.78, 5) is 11.3. The van der Waals surface area contributed by atoms with Crippen LogP contribution in [-0.2, 0) is 0 Å². The van der Waals surface area contributed by atoms with Gasteiger partial charge in [0.15, 0.2) is 5.78 Å². The fourth-order valence-electron chi connectivity index (χ4n) is 0.702. The number of Topliss-reactive ketones (excluding diaryl/α,β-unsaturated/α-hetero) is 1. The van der Waals surface area contributed by atoms with Gasteiger partial charge in [-0.2, -0.15) is 11.8 Å². The van der Waals surface area contributed by atoms with Gasteiger partial charge >= 0.3 is 0 Å². The van der Waals surface area contributed by atoms with E-state index in [1.54, 1.807) is 23.1 Å². The smallest absolute Gasteiger partial charge is 0.174 e. The molecule has 0 radical (unpaired) electrons. The number of hydrogen-bond acceptors (Lipinski definition) is 3. The van der Waals surface area contributed by atoms with Gasteiger partial charge < -0.3 is 0 Å². The van der Waals surface area contributed by atoms with Gasteiger partial charge in [0, 0.05) is 5.56 Å². The van der Waals surface area contributed by atoms with Crippen molar-refractivity contribution >= 4 is 44.8 Å². The lowest BCUT2D eigenvalue weighted by molar-refractivity contribution is 0.102. The van der Waals surface area contributed by atoms with E-state index in [2.05, 4.69) is 15.9 Å². The zero-order valence-electron chi connectivity index (χ0n) is 5.96. The zero-order chi connectivity index (χ0) is 8.27. The first-order valence-electron chi connectivity index (χ1n) is 3.01. The summed E-state index contributed by atoms with van der Waals surface area (Å²) in [5.41, 5.74) is 0.810. The van der Waals surface area contributed by atoms with Gasteiger partial charge in [-0.25, -0.2) is 0 Å². The Balaban J connectivity index is 2.76. The largest absolute Gasteiger partial charge is 0.293 e. The summed E-state index contributed by atoms with van der Waals surface area (Å²) < 4.78 is 0.941. The van der Waals surface area contributed by atoms with Crippen LogP contribution < -0.4 is 0 Å². The van der Waals surface area contributed by atoms with Crippen LogP contribution in [0.4, 0.5) is 0 Å². The Hall–Kier alpha value is 0.200. The van der Waals surface area contributed by atoms with Crippen LogP contribution in [0, 0.1) is 0 Å². The Bertz CT molecular complexity index is 257. The second-order valence-corrected chi connectivity index (χ2v) is 5.06. The maximum atomic E-state index is 11.3. The van der Waals surface area contributed by atoms with Crippen molar-refractivity contribution in [3.05, 3.63) is 20.8 Å². The highest BCUT2D eigenvalue weighted by Gasteiger charge is 2.09. The molecular weight excluding hydrogens is 244 g/mol. The number of halogens is 1. The monoisotopic (exact) mass is 250 g/mol. The first kappa shape index (κ1) is 9.29. The van der Waals surface area contributed by atoms with Crippen LogP contribution in [0.1, 0.15) is 10.4 Å². The summed E-state index contributed by atoms with van der Waals surface area (Å²) >= 11 is 6.42. The minimum Gasteiger partial charge on any atom is -0.293 e. The molecule has 4 heteroatoms. The molecule has 60 valence electrons. The molecule has 0 aromatic carbocycles. The van der Waals surface area contributed by atoms with Gasteiger partial charge in [-0.05, 0) is 33.6 Å². The number of thioether (sulfide) groups is 1. The fourth-order valence-corrected chi connectivity index (χ4v) is 2.43. The molecule has 0 bridgehead atoms. The molecule has 1 rings (SSSR count). The number of rotatable bonds is 3. The van der Waals surface area contributed by atoms with Crippen molar-refractivity contribution in [3.8, 4) is 0 Å². The van der Waals surface area contributed by atoms with Crippen LogP contribution in [0.3, 0.4) is 0 Å². The predicted molar refractivity (Wildman–Crippen MR) is 54.7 cm³/mol. The molecule has 0 amide bonds. The second kappa shape index (κ2) is 4.28. The maximum absolute atomic E-state index is 11.3. The molecule has 0 unspecified atom stereocenters. The number of thiophene rings is 1. The molecule has 0 aliphatic carbocycles. The van der Waals surface area contributed by atoms with Crippen molar-refractivity contribution in [2.24, 2.45) is 0 Å². The Labute approximate surface area is 82.3 Å². The van der Waals surface area contributed by atoms with Gasteiger partial charge in [0.25, 0.3) is 0 Å². The summed E-state index contributed by atoms with van der Waals surface area (Å²) in [6, 6.07) is 1.85. The third kappa shape index (κ3) is 2.32. The number of carbonyl (C=O) groups excluding carboxylic acids is 1. The Morgan fingerprint density at radius 2 is 2.55 bits per heavy atom. The molecule has 0 N–H and O–H groups in total. The first-order chi connectivity index (χ1) is 5.25. The van der Waals surface area contributed by atoms with Crippen LogP contribution in [0.15, 0.2) is 15.2 Å². The van der Waals surface area contributed by atoms with Gasteiger partial charge in [0.05, 0.1) is 9.54 Å². The minimum absolute atomic E-state index is 0.200. The molecule has 11 heavy (non-hydrogen) atoms. The lowest BCUT2D eigenvalue weighted by Crippen LogP contribution is -2.00. The van der Waals surface area contributed by atoms with E-state index in [9.17, 15) is 4.79 Å². The van der Waals surface area contributed by atoms with E-state index in [0.717, 1.165) is 9.35 Å². The molecule has 0 saturated heterocycles. The molecule has 0 saturated carbocycles. The third-order valence-corrected chi connectivity index (χ3v) is 3.43. The van der Waals surface area contributed by atoms with E-state index in [-0.39, 0.29) is 5.78 Å². The second-order valence-electron chi connectivity index (χ2n) is 1.96. The van der Waals surface area contributed by atoms with Crippen molar-refractivity contribution in [3.63, 3.8) is 0 Å². The standard InChI is InChI=1S/C7H7BrOS2/c1-10-4-6(9)5-2-3-11-7(5)8/h2-3H,4H2,1H3. The van der Waals surface area contributed by atoms with Gasteiger partial charge in [0.1, 0.15) is 0 Å². The van der Waals surface area contributed by atoms with E-state index in [1.165, 1.54) is 0 Å². The van der Waals surface area contributed by atoms with Crippen molar-refractivity contribution in [1.82, 2.24) is 0 Å². The van der Waals surface area contributed by atoms with Crippen LogP contribution in [0.25, 0.3) is 0 Å². The van der Waals surface area contributed by atoms with Crippen molar-refractivity contribution in [2.75, 3.05) is 12.0 Å². The quantitative estimate of drug-likeness (QED) is 0.768. The molecular formula is C7H7BrOS2. The lowest BCUT2D eigenvalue weighted by Gasteiger charge is -1.94. The normalized spacial score (nSPS) is 10.0. The Morgan fingerprint density at radius 3 is 3.00 bits per heavy atom. The summed E-state index contributed by atoms with van der Waals surface area (Å²) in [6.07, 6.45) is 1.93. The predicted octanol–water partition coefficient (Wildman–Crippen LogP) is 3.06. The van der Waals surface area contributed by atoms with Crippen molar-refractivity contribution in [2.45, 2.75) is 0 Å². The Morgan fingerprint density at radius 1 is 1.82 bits per heavy atom. The number of ketones is 1. The van der Waals surface area contributed by atoms with Crippen LogP contribution in [-0.4, -0.2) is 17.8 Å². The molecule has 0 aliphatic rings. The number of carbonyl (C=O) groups is 1. The summed E-state index contributed by atoms with van der Waals surface area (Å²) in [7, 11) is 0. The lowest BCUT2D eigenvalue weighted by atomic mass is 10.2. The molecule has 1 aromatic rings. The topological polar surface area (TPSA) is 17.1 Å². The fraction of sp³-hybridized carbons (Fsp3) is 0.286. The van der Waals surface area contributed by atoms with Gasteiger partial charge in [-0.15, -0.1) is 11.3 Å². The van der Waals surface area contributed by atoms with Crippen LogP contribution in [0.5, 0.6) is 0 Å². The molecule has 1 nitrogen and oxygen atoms in total. The molecule has 0 aliphatic heterocycles. The molecule has 0 atom stereocenters. The van der Waals surface area contributed by atoms with E-state index in [1.807, 2.05) is 17.7 Å². The highest BCUT2D eigenvalue weighted by molar-refractivity contribution is 9.11. The van der Waals surface area contributed by atoms with E-state index < -0.39 is 0 Å². The average Bonchev–Trinajstić information content (AvgIpc) is 2.36. The van der Waals surface area contributed by atoms with Crippen molar-refractivity contribution < 1.29 is 4.79 Å². The van der Waals surface area contributed by atoms with Gasteiger partial charge in [-0.1, -0.05) is 0 Å². The minimum atomic E-state index is 0.200. The highest BCUT2D eigenvalue weighted by Crippen LogP contribution is 2.24. The summed E-state index contributed by atoms with van der Waals surface area (Å²) in [5, 5.41) is 1.91. The molecule has 1 heterocycles. The average molecular weight is 251 g/mol. The first-order valence-corrected chi connectivity index (χ1v) is 6.07. The molecule has 0 spiro atoms. The van der Waals surface area contributed by atoms with Crippen molar-refractivity contribution in [1.29, 1.82) is 0 Å². The van der Waals surface area contributed by atoms with Crippen LogP contribution >= 0.6 is 39.0 Å². The highest BCUT2D eigenvalue weighted by atomic mass is 79.9. The summed E-state index contributed by atoms with van der Waals surface area (Å²) in [5.74, 6) is 0.764. The zero-order valence-corrected chi connectivity index (χ0v) is 9.18. The third-order valence-electron chi connectivity index (χ3n) is 1.19. The van der Waals surface area contributed by atoms with Gasteiger partial charge in [-0.3, -0.25) is 4.79 Å². The summed E-state index contributed by atoms with van der Waals surface area (Å²) in [6.45, 7) is 0.